The molecule has 0 aliphatic carbocycles. The zero-order chi connectivity index (χ0) is 15.2. The van der Waals surface area contributed by atoms with Crippen LogP contribution in [0.15, 0.2) is 48.8 Å². The highest BCUT2D eigenvalue weighted by atomic mass is 16.1. The van der Waals surface area contributed by atoms with Crippen molar-refractivity contribution >= 4 is 17.3 Å². The van der Waals surface area contributed by atoms with Crippen molar-refractivity contribution in [2.24, 2.45) is 0 Å². The molecule has 4 nitrogen and oxygen atoms in total. The van der Waals surface area contributed by atoms with Gasteiger partial charge >= 0.3 is 0 Å². The van der Waals surface area contributed by atoms with E-state index in [9.17, 15) is 4.79 Å². The van der Waals surface area contributed by atoms with Crippen molar-refractivity contribution in [3.63, 3.8) is 0 Å². The highest BCUT2D eigenvalue weighted by Crippen LogP contribution is 2.15. The number of hydrogen-bond donors (Lipinski definition) is 1. The summed E-state index contributed by atoms with van der Waals surface area (Å²) in [5.74, 6) is 0.0284. The monoisotopic (exact) mass is 284 g/mol. The van der Waals surface area contributed by atoms with Gasteiger partial charge in [0.2, 0.25) is 5.91 Å². The highest BCUT2D eigenvalue weighted by Gasteiger charge is 2.07. The summed E-state index contributed by atoms with van der Waals surface area (Å²) in [6.07, 6.45) is 4.45. The molecule has 0 saturated carbocycles. The first kappa shape index (κ1) is 15.0. The van der Waals surface area contributed by atoms with E-state index in [1.807, 2.05) is 72.4 Å². The molecular formula is C17H22N3O+. The van der Waals surface area contributed by atoms with Gasteiger partial charge in [-0.1, -0.05) is 0 Å². The van der Waals surface area contributed by atoms with Crippen LogP contribution in [-0.2, 0) is 11.3 Å². The fraction of sp³-hybridized carbons (Fsp3) is 0.294. The molecule has 110 valence electrons. The number of aryl methyl sites for hydroxylation is 2. The molecule has 1 aromatic heterocycles. The molecule has 1 heterocycles. The van der Waals surface area contributed by atoms with Crippen LogP contribution >= 0.6 is 0 Å². The SMILES string of the molecule is Cc1cc[n+](CCC(=O)Nc2ccc(N(C)C)cc2)cc1. The summed E-state index contributed by atoms with van der Waals surface area (Å²) in [6, 6.07) is 11.9. The Morgan fingerprint density at radius 3 is 2.29 bits per heavy atom. The zero-order valence-electron chi connectivity index (χ0n) is 12.8. The largest absolute Gasteiger partial charge is 0.378 e. The normalized spacial score (nSPS) is 10.2. The second-order valence-corrected chi connectivity index (χ2v) is 5.35. The second kappa shape index (κ2) is 6.88. The van der Waals surface area contributed by atoms with Gasteiger partial charge in [-0.25, -0.2) is 4.57 Å². The first-order chi connectivity index (χ1) is 10.0. The summed E-state index contributed by atoms with van der Waals surface area (Å²) in [5.41, 5.74) is 3.17. The Morgan fingerprint density at radius 2 is 1.71 bits per heavy atom. The first-order valence-corrected chi connectivity index (χ1v) is 7.07. The van der Waals surface area contributed by atoms with E-state index in [0.717, 1.165) is 11.4 Å². The molecule has 0 atom stereocenters. The van der Waals surface area contributed by atoms with Gasteiger partial charge in [0.1, 0.15) is 0 Å². The number of nitrogens with zero attached hydrogens (tertiary/aromatic N) is 2. The number of aromatic nitrogens is 1. The molecular weight excluding hydrogens is 262 g/mol. The van der Waals surface area contributed by atoms with Crippen molar-refractivity contribution in [3.8, 4) is 0 Å². The predicted molar refractivity (Wildman–Crippen MR) is 85.4 cm³/mol. The van der Waals surface area contributed by atoms with Gasteiger partial charge < -0.3 is 10.2 Å². The van der Waals surface area contributed by atoms with E-state index in [-0.39, 0.29) is 5.91 Å². The molecule has 4 heteroatoms. The van der Waals surface area contributed by atoms with Crippen LogP contribution < -0.4 is 14.8 Å². The smallest absolute Gasteiger partial charge is 0.230 e. The molecule has 0 aliphatic rings. The summed E-state index contributed by atoms with van der Waals surface area (Å²) in [5, 5.41) is 2.92. The third-order valence-corrected chi connectivity index (χ3v) is 3.32. The Balaban J connectivity index is 1.85. The highest BCUT2D eigenvalue weighted by molar-refractivity contribution is 5.90. The van der Waals surface area contributed by atoms with E-state index in [1.165, 1.54) is 5.56 Å². The molecule has 1 aromatic carbocycles. The number of benzene rings is 1. The molecule has 1 N–H and O–H groups in total. The van der Waals surface area contributed by atoms with Crippen molar-refractivity contribution in [2.75, 3.05) is 24.3 Å². The van der Waals surface area contributed by atoms with E-state index in [4.69, 9.17) is 0 Å². The minimum atomic E-state index is 0.0284. The number of pyridine rings is 1. The molecule has 0 unspecified atom stereocenters. The third-order valence-electron chi connectivity index (χ3n) is 3.32. The van der Waals surface area contributed by atoms with Crippen LogP contribution in [-0.4, -0.2) is 20.0 Å². The summed E-state index contributed by atoms with van der Waals surface area (Å²) in [7, 11) is 3.98. The van der Waals surface area contributed by atoms with Crippen LogP contribution in [0.3, 0.4) is 0 Å². The molecule has 1 amide bonds. The molecule has 0 saturated heterocycles. The minimum absolute atomic E-state index is 0.0284. The number of carbonyl (C=O) groups excluding carboxylic acids is 1. The molecule has 0 fully saturated rings. The number of rotatable bonds is 5. The Kier molecular flexibility index (Phi) is 4.93. The average Bonchev–Trinajstić information content (AvgIpc) is 2.47. The van der Waals surface area contributed by atoms with Crippen molar-refractivity contribution in [1.82, 2.24) is 0 Å². The van der Waals surface area contributed by atoms with Crippen molar-refractivity contribution < 1.29 is 9.36 Å². The van der Waals surface area contributed by atoms with E-state index in [2.05, 4.69) is 12.2 Å². The average molecular weight is 284 g/mol. The van der Waals surface area contributed by atoms with Gasteiger partial charge in [0.25, 0.3) is 0 Å². The van der Waals surface area contributed by atoms with Crippen molar-refractivity contribution in [3.05, 3.63) is 54.4 Å². The standard InChI is InChI=1S/C17H21N3O/c1-14-8-11-20(12-9-14)13-10-17(21)18-15-4-6-16(7-5-15)19(2)3/h4-9,11-12H,10,13H2,1-3H3/p+1. The molecule has 0 bridgehead atoms. The maximum absolute atomic E-state index is 11.9. The minimum Gasteiger partial charge on any atom is -0.378 e. The number of hydrogen-bond acceptors (Lipinski definition) is 2. The summed E-state index contributed by atoms with van der Waals surface area (Å²) >= 11 is 0. The maximum atomic E-state index is 11.9. The maximum Gasteiger partial charge on any atom is 0.230 e. The van der Waals surface area contributed by atoms with E-state index in [0.29, 0.717) is 13.0 Å². The molecule has 0 radical (unpaired) electrons. The molecule has 0 aliphatic heterocycles. The van der Waals surface area contributed by atoms with Gasteiger partial charge in [-0.2, -0.15) is 0 Å². The van der Waals surface area contributed by atoms with Gasteiger partial charge in [0, 0.05) is 37.6 Å². The van der Waals surface area contributed by atoms with Crippen molar-refractivity contribution in [2.45, 2.75) is 19.9 Å². The van der Waals surface area contributed by atoms with Gasteiger partial charge in [-0.05, 0) is 36.8 Å². The number of carbonyl (C=O) groups is 1. The fourth-order valence-electron chi connectivity index (χ4n) is 1.98. The Hall–Kier alpha value is -2.36. The summed E-state index contributed by atoms with van der Waals surface area (Å²) < 4.78 is 2.02. The van der Waals surface area contributed by atoms with Gasteiger partial charge in [0.15, 0.2) is 18.9 Å². The lowest BCUT2D eigenvalue weighted by molar-refractivity contribution is -0.695. The van der Waals surface area contributed by atoms with E-state index < -0.39 is 0 Å². The quantitative estimate of drug-likeness (QED) is 0.856. The first-order valence-electron chi connectivity index (χ1n) is 7.07. The van der Waals surface area contributed by atoms with Crippen LogP contribution in [0.4, 0.5) is 11.4 Å². The third kappa shape index (κ3) is 4.60. The fourth-order valence-corrected chi connectivity index (χ4v) is 1.98. The topological polar surface area (TPSA) is 36.2 Å². The molecule has 21 heavy (non-hydrogen) atoms. The molecule has 2 aromatic rings. The summed E-state index contributed by atoms with van der Waals surface area (Å²) in [6.45, 7) is 2.73. The van der Waals surface area contributed by atoms with Crippen LogP contribution in [0.1, 0.15) is 12.0 Å². The Labute approximate surface area is 126 Å². The number of amides is 1. The van der Waals surface area contributed by atoms with E-state index >= 15 is 0 Å². The van der Waals surface area contributed by atoms with Crippen LogP contribution in [0.2, 0.25) is 0 Å². The van der Waals surface area contributed by atoms with Gasteiger partial charge in [-0.15, -0.1) is 0 Å². The van der Waals surface area contributed by atoms with E-state index in [1.54, 1.807) is 0 Å². The Morgan fingerprint density at radius 1 is 1.10 bits per heavy atom. The lowest BCUT2D eigenvalue weighted by Gasteiger charge is -2.12. The second-order valence-electron chi connectivity index (χ2n) is 5.35. The lowest BCUT2D eigenvalue weighted by atomic mass is 10.2. The van der Waals surface area contributed by atoms with Gasteiger partial charge in [0.05, 0.1) is 6.42 Å². The summed E-state index contributed by atoms with van der Waals surface area (Å²) in [4.78, 5) is 14.0. The van der Waals surface area contributed by atoms with Crippen LogP contribution in [0.25, 0.3) is 0 Å². The molecule has 0 spiro atoms. The predicted octanol–water partition coefficient (Wildman–Crippen LogP) is 2.38. The Bertz CT molecular complexity index is 588. The number of nitrogens with one attached hydrogen (secondary N) is 1. The van der Waals surface area contributed by atoms with Gasteiger partial charge in [-0.3, -0.25) is 4.79 Å². The zero-order valence-corrected chi connectivity index (χ0v) is 12.8. The molecule has 2 rings (SSSR count). The van der Waals surface area contributed by atoms with Crippen molar-refractivity contribution in [1.29, 1.82) is 0 Å². The van der Waals surface area contributed by atoms with Crippen LogP contribution in [0.5, 0.6) is 0 Å². The van der Waals surface area contributed by atoms with Crippen LogP contribution in [0, 0.1) is 6.92 Å². The lowest BCUT2D eigenvalue weighted by Crippen LogP contribution is -2.34. The number of anilines is 2.